The maximum absolute atomic E-state index is 13.9. The van der Waals surface area contributed by atoms with Gasteiger partial charge in [-0.1, -0.05) is 6.07 Å². The molecule has 0 saturated carbocycles. The largest absolute Gasteiger partial charge is 0.355 e. The number of hydrogen-bond donors (Lipinski definition) is 1. The first kappa shape index (κ1) is 21.9. The molecule has 1 aliphatic rings. The molecule has 10 heteroatoms. The number of piperidine rings is 1. The van der Waals surface area contributed by atoms with Gasteiger partial charge in [0, 0.05) is 37.5 Å². The monoisotopic (exact) mass is 466 g/mol. The molecule has 0 bridgehead atoms. The molecule has 1 aliphatic heterocycles. The molecule has 4 aromatic rings. The van der Waals surface area contributed by atoms with Crippen LogP contribution in [0.5, 0.6) is 0 Å². The number of amides is 1. The summed E-state index contributed by atoms with van der Waals surface area (Å²) in [5, 5.41) is 7.96. The second kappa shape index (κ2) is 9.12. The lowest BCUT2D eigenvalue weighted by Crippen LogP contribution is -2.43. The number of rotatable bonds is 5. The minimum atomic E-state index is -0.688. The van der Waals surface area contributed by atoms with Crippen molar-refractivity contribution in [2.45, 2.75) is 19.4 Å². The second-order valence-electron chi connectivity index (χ2n) is 8.22. The predicted molar refractivity (Wildman–Crippen MR) is 120 cm³/mol. The predicted octanol–water partition coefficient (Wildman–Crippen LogP) is 3.77. The summed E-state index contributed by atoms with van der Waals surface area (Å²) in [6, 6.07) is 9.27. The fraction of sp³-hybridized carbons (Fsp3) is 0.250. The van der Waals surface area contributed by atoms with Crippen LogP contribution >= 0.6 is 0 Å². The molecule has 0 radical (unpaired) electrons. The van der Waals surface area contributed by atoms with Crippen LogP contribution in [0, 0.1) is 23.4 Å². The van der Waals surface area contributed by atoms with Crippen LogP contribution in [0.25, 0.3) is 16.7 Å². The van der Waals surface area contributed by atoms with Crippen molar-refractivity contribution in [1.82, 2.24) is 25.1 Å². The zero-order valence-electron chi connectivity index (χ0n) is 18.1. The third-order valence-electron chi connectivity index (χ3n) is 5.95. The average molecular weight is 466 g/mol. The maximum atomic E-state index is 13.9. The van der Waals surface area contributed by atoms with Gasteiger partial charge >= 0.3 is 0 Å². The minimum Gasteiger partial charge on any atom is -0.355 e. The van der Waals surface area contributed by atoms with E-state index in [4.69, 9.17) is 0 Å². The zero-order valence-corrected chi connectivity index (χ0v) is 18.1. The molecule has 0 aliphatic carbocycles. The number of halogens is 3. The minimum absolute atomic E-state index is 0.0103. The zero-order chi connectivity index (χ0) is 23.7. The molecule has 1 amide bonds. The van der Waals surface area contributed by atoms with Crippen LogP contribution in [-0.2, 0) is 11.3 Å². The first-order chi connectivity index (χ1) is 16.5. The van der Waals surface area contributed by atoms with Crippen LogP contribution < -0.4 is 10.2 Å². The van der Waals surface area contributed by atoms with Crippen molar-refractivity contribution in [1.29, 1.82) is 0 Å². The third-order valence-corrected chi connectivity index (χ3v) is 5.95. The van der Waals surface area contributed by atoms with E-state index in [0.717, 1.165) is 17.9 Å². The number of fused-ring (bicyclic) bond motifs is 1. The Bertz CT molecular complexity index is 1340. The molecule has 1 fully saturated rings. The lowest BCUT2D eigenvalue weighted by molar-refractivity contribution is -0.125. The summed E-state index contributed by atoms with van der Waals surface area (Å²) in [4.78, 5) is 23.5. The van der Waals surface area contributed by atoms with E-state index in [1.54, 1.807) is 23.0 Å². The lowest BCUT2D eigenvalue weighted by atomic mass is 9.97. The standard InChI is InChI=1S/C24H21F3N6O/c25-17-5-7-19(8-6-17)33-13-20-22(31-33)29-14-30-23(20)32-9-1-2-16(12-32)24(34)28-11-15-3-4-18(26)10-21(15)27/h3-8,10,13-14,16H,1-2,9,11-12H2,(H,28,34)/t16-/m1/s1. The number of nitrogens with zero attached hydrogens (tertiary/aromatic N) is 5. The summed E-state index contributed by atoms with van der Waals surface area (Å²) in [7, 11) is 0. The quantitative estimate of drug-likeness (QED) is 0.485. The number of nitrogens with one attached hydrogen (secondary N) is 1. The van der Waals surface area contributed by atoms with Gasteiger partial charge in [0.2, 0.25) is 5.91 Å². The molecule has 0 spiro atoms. The number of hydrogen-bond acceptors (Lipinski definition) is 5. The van der Waals surface area contributed by atoms with Gasteiger partial charge in [0.05, 0.1) is 17.0 Å². The van der Waals surface area contributed by atoms with Crippen LogP contribution in [0.3, 0.4) is 0 Å². The molecule has 7 nitrogen and oxygen atoms in total. The van der Waals surface area contributed by atoms with Gasteiger partial charge in [0.25, 0.3) is 0 Å². The van der Waals surface area contributed by atoms with Crippen LogP contribution in [-0.4, -0.2) is 38.7 Å². The number of aromatic nitrogens is 4. The van der Waals surface area contributed by atoms with Gasteiger partial charge in [-0.25, -0.2) is 27.8 Å². The first-order valence-electron chi connectivity index (χ1n) is 10.9. The molecule has 2 aromatic carbocycles. The average Bonchev–Trinajstić information content (AvgIpc) is 3.28. The van der Waals surface area contributed by atoms with E-state index in [1.807, 2.05) is 4.90 Å². The summed E-state index contributed by atoms with van der Waals surface area (Å²) in [5.41, 5.74) is 1.41. The number of anilines is 1. The van der Waals surface area contributed by atoms with Crippen LogP contribution in [0.4, 0.5) is 19.0 Å². The Morgan fingerprint density at radius 1 is 1.06 bits per heavy atom. The van der Waals surface area contributed by atoms with Crippen LogP contribution in [0.1, 0.15) is 18.4 Å². The fourth-order valence-corrected chi connectivity index (χ4v) is 4.18. The molecule has 0 unspecified atom stereocenters. The SMILES string of the molecule is O=C(NCc1ccc(F)cc1F)[C@@H]1CCCN(c2ncnc3nn(-c4ccc(F)cc4)cc23)C1. The van der Waals surface area contributed by atoms with Crippen molar-refractivity contribution in [3.05, 3.63) is 78.0 Å². The second-order valence-corrected chi connectivity index (χ2v) is 8.22. The highest BCUT2D eigenvalue weighted by molar-refractivity contribution is 5.87. The normalized spacial score (nSPS) is 16.1. The Balaban J connectivity index is 1.32. The molecule has 174 valence electrons. The summed E-state index contributed by atoms with van der Waals surface area (Å²) < 4.78 is 41.9. The Labute approximate surface area is 193 Å². The van der Waals surface area contributed by atoms with E-state index in [9.17, 15) is 18.0 Å². The van der Waals surface area contributed by atoms with Gasteiger partial charge in [-0.05, 0) is 43.2 Å². The van der Waals surface area contributed by atoms with Crippen molar-refractivity contribution < 1.29 is 18.0 Å². The molecule has 1 saturated heterocycles. The van der Waals surface area contributed by atoms with Gasteiger partial charge in [-0.2, -0.15) is 0 Å². The molecule has 1 N–H and O–H groups in total. The van der Waals surface area contributed by atoms with Crippen molar-refractivity contribution in [2.75, 3.05) is 18.0 Å². The van der Waals surface area contributed by atoms with Gasteiger partial charge in [-0.3, -0.25) is 4.79 Å². The van der Waals surface area contributed by atoms with Gasteiger partial charge in [0.1, 0.15) is 29.6 Å². The van der Waals surface area contributed by atoms with Crippen molar-refractivity contribution >= 4 is 22.8 Å². The van der Waals surface area contributed by atoms with E-state index < -0.39 is 11.6 Å². The highest BCUT2D eigenvalue weighted by Crippen LogP contribution is 2.28. The van der Waals surface area contributed by atoms with Gasteiger partial charge in [0.15, 0.2) is 5.65 Å². The summed E-state index contributed by atoms with van der Waals surface area (Å²) >= 11 is 0. The van der Waals surface area contributed by atoms with E-state index >= 15 is 0 Å². The summed E-state index contributed by atoms with van der Waals surface area (Å²) in [6.45, 7) is 1.14. The molecule has 34 heavy (non-hydrogen) atoms. The Kier molecular flexibility index (Phi) is 5.87. The van der Waals surface area contributed by atoms with Crippen molar-refractivity contribution in [3.8, 4) is 5.69 Å². The Hall–Kier alpha value is -3.95. The first-order valence-corrected chi connectivity index (χ1v) is 10.9. The topological polar surface area (TPSA) is 75.9 Å². The Morgan fingerprint density at radius 2 is 1.85 bits per heavy atom. The number of benzene rings is 2. The van der Waals surface area contributed by atoms with Crippen molar-refractivity contribution in [3.63, 3.8) is 0 Å². The number of carbonyl (C=O) groups excluding carboxylic acids is 1. The molecule has 5 rings (SSSR count). The molecule has 3 heterocycles. The lowest BCUT2D eigenvalue weighted by Gasteiger charge is -2.33. The van der Waals surface area contributed by atoms with Gasteiger partial charge in [-0.15, -0.1) is 5.10 Å². The highest BCUT2D eigenvalue weighted by atomic mass is 19.1. The Morgan fingerprint density at radius 3 is 2.65 bits per heavy atom. The van der Waals surface area contributed by atoms with Crippen LogP contribution in [0.2, 0.25) is 0 Å². The smallest absolute Gasteiger partial charge is 0.225 e. The van der Waals surface area contributed by atoms with Gasteiger partial charge < -0.3 is 10.2 Å². The molecular formula is C24H21F3N6O. The van der Waals surface area contributed by atoms with E-state index in [1.165, 1.54) is 30.6 Å². The van der Waals surface area contributed by atoms with E-state index in [2.05, 4.69) is 20.4 Å². The third kappa shape index (κ3) is 4.43. The molecular weight excluding hydrogens is 445 g/mol. The van der Waals surface area contributed by atoms with Crippen LogP contribution in [0.15, 0.2) is 55.0 Å². The number of carbonyl (C=O) groups is 1. The van der Waals surface area contributed by atoms with E-state index in [0.29, 0.717) is 36.7 Å². The molecule has 1 atom stereocenters. The maximum Gasteiger partial charge on any atom is 0.225 e. The molecule has 2 aromatic heterocycles. The summed E-state index contributed by atoms with van der Waals surface area (Å²) in [6.07, 6.45) is 4.69. The highest BCUT2D eigenvalue weighted by Gasteiger charge is 2.28. The fourth-order valence-electron chi connectivity index (χ4n) is 4.18. The van der Waals surface area contributed by atoms with Crippen molar-refractivity contribution in [2.24, 2.45) is 5.92 Å². The van der Waals surface area contributed by atoms with E-state index in [-0.39, 0.29) is 29.8 Å². The summed E-state index contributed by atoms with van der Waals surface area (Å²) in [5.74, 6) is -1.52.